The fourth-order valence-corrected chi connectivity index (χ4v) is 0.590. The predicted molar refractivity (Wildman–Crippen MR) is 26.4 cm³/mol. The smallest absolute Gasteiger partial charge is 0.217 e. The number of rotatable bonds is 3. The van der Waals surface area contributed by atoms with Crippen molar-refractivity contribution >= 4 is 22.0 Å². The molecule has 0 aliphatic carbocycles. The van der Waals surface area contributed by atoms with Crippen molar-refractivity contribution in [3.8, 4) is 0 Å². The topological polar surface area (TPSA) is 66.4 Å². The van der Waals surface area contributed by atoms with Gasteiger partial charge < -0.3 is 4.55 Å². The van der Waals surface area contributed by atoms with E-state index in [0.29, 0.717) is 0 Å². The average molecular weight is 160 g/mol. The lowest BCUT2D eigenvalue weighted by atomic mass is 10.9. The van der Waals surface area contributed by atoms with Crippen LogP contribution in [0.4, 0.5) is 0 Å². The summed E-state index contributed by atoms with van der Waals surface area (Å²) in [7, 11) is -4.52. The molecule has 0 aliphatic rings. The lowest BCUT2D eigenvalue weighted by Gasteiger charge is -2.03. The second-order valence-electron chi connectivity index (χ2n) is 0.919. The first-order chi connectivity index (χ1) is 3.56. The van der Waals surface area contributed by atoms with E-state index in [4.69, 9.17) is 11.6 Å². The zero-order valence-electron chi connectivity index (χ0n) is 3.83. The largest absolute Gasteiger partial charge is 0.726 e. The molecule has 0 bridgehead atoms. The lowest BCUT2D eigenvalue weighted by Crippen LogP contribution is -2.05. The summed E-state index contributed by atoms with van der Waals surface area (Å²) in [4.78, 5) is 0. The molecule has 0 spiro atoms. The van der Waals surface area contributed by atoms with Gasteiger partial charge in [0.2, 0.25) is 10.4 Å². The van der Waals surface area contributed by atoms with Crippen LogP contribution in [-0.4, -0.2) is 25.5 Å². The summed E-state index contributed by atoms with van der Waals surface area (Å²) in [6.07, 6.45) is 0. The van der Waals surface area contributed by atoms with Gasteiger partial charge in [0.1, 0.15) is 0 Å². The second-order valence-corrected chi connectivity index (χ2v) is 2.35. The van der Waals surface area contributed by atoms with Crippen molar-refractivity contribution in [1.82, 2.24) is 0 Å². The van der Waals surface area contributed by atoms with Crippen molar-refractivity contribution < 1.29 is 17.2 Å². The summed E-state index contributed by atoms with van der Waals surface area (Å²) < 4.78 is 32.3. The first kappa shape index (κ1) is 8.16. The van der Waals surface area contributed by atoms with Crippen LogP contribution in [0.25, 0.3) is 0 Å². The van der Waals surface area contributed by atoms with Gasteiger partial charge in [-0.15, -0.1) is 11.6 Å². The molecule has 0 fully saturated rings. The Hall–Kier alpha value is 0.160. The number of halogens is 1. The summed E-state index contributed by atoms with van der Waals surface area (Å²) in [5.74, 6) is 0.00146. The van der Waals surface area contributed by atoms with Crippen molar-refractivity contribution in [1.29, 1.82) is 0 Å². The van der Waals surface area contributed by atoms with Crippen LogP contribution in [0.1, 0.15) is 0 Å². The van der Waals surface area contributed by atoms with Crippen molar-refractivity contribution in [3.63, 3.8) is 0 Å². The van der Waals surface area contributed by atoms with Crippen molar-refractivity contribution in [2.75, 3.05) is 12.5 Å². The van der Waals surface area contributed by atoms with Gasteiger partial charge in [0.25, 0.3) is 0 Å². The van der Waals surface area contributed by atoms with Crippen LogP contribution in [0.2, 0.25) is 0 Å². The van der Waals surface area contributed by atoms with E-state index in [9.17, 15) is 13.0 Å². The van der Waals surface area contributed by atoms with Gasteiger partial charge in [0, 0.05) is 5.88 Å². The quantitative estimate of drug-likeness (QED) is 0.322. The Morgan fingerprint density at radius 3 is 2.25 bits per heavy atom. The van der Waals surface area contributed by atoms with E-state index in [1.165, 1.54) is 0 Å². The van der Waals surface area contributed by atoms with Gasteiger partial charge in [-0.25, -0.2) is 8.42 Å². The molecule has 0 saturated heterocycles. The molecular formula is C2H4ClO4S-. The normalized spacial score (nSPS) is 11.8. The Morgan fingerprint density at radius 1 is 1.62 bits per heavy atom. The molecule has 0 saturated carbocycles. The molecular weight excluding hydrogens is 156 g/mol. The maximum absolute atomic E-state index is 9.55. The summed E-state index contributed by atoms with van der Waals surface area (Å²) in [5, 5.41) is 0. The highest BCUT2D eigenvalue weighted by molar-refractivity contribution is 7.80. The van der Waals surface area contributed by atoms with Crippen molar-refractivity contribution in [2.24, 2.45) is 0 Å². The minimum atomic E-state index is -4.52. The van der Waals surface area contributed by atoms with E-state index in [-0.39, 0.29) is 12.5 Å². The molecule has 0 aliphatic heterocycles. The molecule has 0 amide bonds. The Kier molecular flexibility index (Phi) is 3.30. The average Bonchev–Trinajstić information content (AvgIpc) is 1.59. The molecule has 0 atom stereocenters. The zero-order valence-corrected chi connectivity index (χ0v) is 5.41. The van der Waals surface area contributed by atoms with Crippen molar-refractivity contribution in [3.05, 3.63) is 0 Å². The standard InChI is InChI=1S/C2H5ClO4S/c3-1-2-7-8(4,5)6/h1-2H2,(H,4,5,6)/p-1. The third-order valence-electron chi connectivity index (χ3n) is 0.305. The van der Waals surface area contributed by atoms with Crippen LogP contribution >= 0.6 is 11.6 Å². The van der Waals surface area contributed by atoms with Crippen LogP contribution in [0, 0.1) is 0 Å². The Balaban J connectivity index is 3.42. The third kappa shape index (κ3) is 6.16. The molecule has 8 heavy (non-hydrogen) atoms. The van der Waals surface area contributed by atoms with Gasteiger partial charge in [-0.05, 0) is 0 Å². The molecule has 6 heteroatoms. The first-order valence-electron chi connectivity index (χ1n) is 1.72. The second kappa shape index (κ2) is 3.24. The van der Waals surface area contributed by atoms with Gasteiger partial charge in [-0.3, -0.25) is 4.18 Å². The fraction of sp³-hybridized carbons (Fsp3) is 1.00. The van der Waals surface area contributed by atoms with Gasteiger partial charge in [-0.2, -0.15) is 0 Å². The molecule has 4 nitrogen and oxygen atoms in total. The number of hydrogen-bond acceptors (Lipinski definition) is 4. The van der Waals surface area contributed by atoms with Crippen LogP contribution in [-0.2, 0) is 14.6 Å². The molecule has 50 valence electrons. The fourth-order valence-electron chi connectivity index (χ4n) is 0.134. The molecule has 0 radical (unpaired) electrons. The lowest BCUT2D eigenvalue weighted by molar-refractivity contribution is 0.276. The number of alkyl halides is 1. The summed E-state index contributed by atoms with van der Waals surface area (Å²) in [5.41, 5.74) is 0. The van der Waals surface area contributed by atoms with E-state index in [2.05, 4.69) is 4.18 Å². The van der Waals surface area contributed by atoms with Gasteiger partial charge in [0.15, 0.2) is 0 Å². The van der Waals surface area contributed by atoms with Gasteiger partial charge >= 0.3 is 0 Å². The summed E-state index contributed by atoms with van der Waals surface area (Å²) in [6, 6.07) is 0. The molecule has 0 heterocycles. The minimum Gasteiger partial charge on any atom is -0.726 e. The van der Waals surface area contributed by atoms with Crippen LogP contribution in [0.3, 0.4) is 0 Å². The SMILES string of the molecule is O=S(=O)([O-])OCCCl. The molecule has 0 unspecified atom stereocenters. The summed E-state index contributed by atoms with van der Waals surface area (Å²) in [6.45, 7) is -0.257. The molecule has 0 aromatic heterocycles. The van der Waals surface area contributed by atoms with Gasteiger partial charge in [-0.1, -0.05) is 0 Å². The van der Waals surface area contributed by atoms with E-state index < -0.39 is 10.4 Å². The first-order valence-corrected chi connectivity index (χ1v) is 3.59. The maximum atomic E-state index is 9.55. The Bertz CT molecular complexity index is 138. The highest BCUT2D eigenvalue weighted by Gasteiger charge is 1.89. The van der Waals surface area contributed by atoms with Crippen molar-refractivity contribution in [2.45, 2.75) is 0 Å². The predicted octanol–water partition coefficient (Wildman–Crippen LogP) is -0.298. The molecule has 0 rings (SSSR count). The Morgan fingerprint density at radius 2 is 2.12 bits per heavy atom. The summed E-state index contributed by atoms with van der Waals surface area (Å²) >= 11 is 4.98. The highest BCUT2D eigenvalue weighted by atomic mass is 35.5. The molecule has 0 aromatic carbocycles. The minimum absolute atomic E-state index is 0.00146. The maximum Gasteiger partial charge on any atom is 0.217 e. The van der Waals surface area contributed by atoms with E-state index in [1.807, 2.05) is 0 Å². The molecule has 0 N–H and O–H groups in total. The molecule has 0 aromatic rings. The van der Waals surface area contributed by atoms with E-state index in [1.54, 1.807) is 0 Å². The number of hydrogen-bond donors (Lipinski definition) is 0. The highest BCUT2D eigenvalue weighted by Crippen LogP contribution is 1.85. The van der Waals surface area contributed by atoms with Crippen LogP contribution < -0.4 is 0 Å². The Labute approximate surface area is 52.4 Å². The van der Waals surface area contributed by atoms with Crippen LogP contribution in [0.15, 0.2) is 0 Å². The van der Waals surface area contributed by atoms with Crippen LogP contribution in [0.5, 0.6) is 0 Å². The van der Waals surface area contributed by atoms with E-state index in [0.717, 1.165) is 0 Å². The van der Waals surface area contributed by atoms with E-state index >= 15 is 0 Å². The van der Waals surface area contributed by atoms with Gasteiger partial charge in [0.05, 0.1) is 6.61 Å². The monoisotopic (exact) mass is 159 g/mol. The third-order valence-corrected chi connectivity index (χ3v) is 0.914. The zero-order chi connectivity index (χ0) is 6.62.